The van der Waals surface area contributed by atoms with Crippen LogP contribution in [-0.2, 0) is 9.53 Å². The van der Waals surface area contributed by atoms with Crippen LogP contribution in [0.4, 0.5) is 0 Å². The highest BCUT2D eigenvalue weighted by Crippen LogP contribution is 2.27. The summed E-state index contributed by atoms with van der Waals surface area (Å²) in [6.07, 6.45) is 0. The number of carbonyl (C=O) groups is 1. The third kappa shape index (κ3) is 2.16. The Labute approximate surface area is 115 Å². The lowest BCUT2D eigenvalue weighted by Crippen LogP contribution is -2.32. The van der Waals surface area contributed by atoms with Crippen molar-refractivity contribution in [2.75, 3.05) is 6.61 Å². The maximum absolute atomic E-state index is 11.0. The van der Waals surface area contributed by atoms with Crippen molar-refractivity contribution in [3.05, 3.63) is 41.3 Å². The summed E-state index contributed by atoms with van der Waals surface area (Å²) in [4.78, 5) is 11.0. The minimum absolute atomic E-state index is 0.00947. The quantitative estimate of drug-likeness (QED) is 0.903. The molecule has 2 heterocycles. The number of aryl methyl sites for hydroxylation is 2. The van der Waals surface area contributed by atoms with Crippen LogP contribution in [0.3, 0.4) is 0 Å². The van der Waals surface area contributed by atoms with Gasteiger partial charge in [-0.3, -0.25) is 4.79 Å². The third-order valence-electron chi connectivity index (χ3n) is 3.08. The number of hydrazone groups is 1. The Hall–Kier alpha value is -2.63. The van der Waals surface area contributed by atoms with Gasteiger partial charge in [0.05, 0.1) is 5.69 Å². The third-order valence-corrected chi connectivity index (χ3v) is 3.08. The second-order valence-electron chi connectivity index (χ2n) is 4.52. The number of benzene rings is 1. The molecule has 0 bridgehead atoms. The van der Waals surface area contributed by atoms with E-state index in [9.17, 15) is 4.79 Å². The molecular formula is C14H13N3O3. The highest BCUT2D eigenvalue weighted by atomic mass is 16.5. The number of rotatable bonds is 2. The minimum atomic E-state index is -0.249. The van der Waals surface area contributed by atoms with Crippen LogP contribution in [0.15, 0.2) is 33.9 Å². The smallest absolute Gasteiger partial charge is 0.278 e. The van der Waals surface area contributed by atoms with Crippen LogP contribution in [0.1, 0.15) is 17.0 Å². The summed E-state index contributed by atoms with van der Waals surface area (Å²) in [7, 11) is 0. The molecule has 0 atom stereocenters. The van der Waals surface area contributed by atoms with E-state index >= 15 is 0 Å². The van der Waals surface area contributed by atoms with Gasteiger partial charge in [-0.1, -0.05) is 17.3 Å². The molecule has 1 aliphatic heterocycles. The monoisotopic (exact) mass is 271 g/mol. The second-order valence-corrected chi connectivity index (χ2v) is 4.52. The number of nitrogens with zero attached hydrogens (tertiary/aromatic N) is 2. The Morgan fingerprint density at radius 2 is 1.85 bits per heavy atom. The topological polar surface area (TPSA) is 76.7 Å². The summed E-state index contributed by atoms with van der Waals surface area (Å²) in [5.74, 6) is 0.949. The molecule has 1 N–H and O–H groups in total. The number of hydrogen-bond acceptors (Lipinski definition) is 5. The zero-order chi connectivity index (χ0) is 14.1. The van der Waals surface area contributed by atoms with E-state index in [1.807, 2.05) is 38.1 Å². The Balaban J connectivity index is 1.91. The van der Waals surface area contributed by atoms with E-state index in [-0.39, 0.29) is 12.5 Å². The normalized spacial score (nSPS) is 14.5. The standard InChI is InChI=1S/C14H13N3O3/c1-8-13(9(2)20-17-8)10-3-5-11(6-4-10)14-16-15-12(18)7-19-14/h3-6H,7H2,1-2H3,(H,15,18). The van der Waals surface area contributed by atoms with Crippen molar-refractivity contribution < 1.29 is 14.1 Å². The van der Waals surface area contributed by atoms with Crippen molar-refractivity contribution in [3.8, 4) is 11.1 Å². The maximum atomic E-state index is 11.0. The second kappa shape index (κ2) is 4.80. The van der Waals surface area contributed by atoms with E-state index in [0.29, 0.717) is 5.90 Å². The Kier molecular flexibility index (Phi) is 2.98. The molecule has 1 amide bonds. The number of amides is 1. The Morgan fingerprint density at radius 1 is 1.15 bits per heavy atom. The SMILES string of the molecule is Cc1noc(C)c1-c1ccc(C2=NNC(=O)CO2)cc1. The van der Waals surface area contributed by atoms with Crippen molar-refractivity contribution in [1.29, 1.82) is 0 Å². The average molecular weight is 271 g/mol. The van der Waals surface area contributed by atoms with Gasteiger partial charge in [-0.15, -0.1) is 5.10 Å². The minimum Gasteiger partial charge on any atom is -0.466 e. The number of carbonyl (C=O) groups excluding carboxylic acids is 1. The Morgan fingerprint density at radius 3 is 2.40 bits per heavy atom. The highest BCUT2D eigenvalue weighted by molar-refractivity contribution is 5.98. The molecule has 0 spiro atoms. The number of ether oxygens (including phenoxy) is 1. The highest BCUT2D eigenvalue weighted by Gasteiger charge is 2.15. The number of hydrogen-bond donors (Lipinski definition) is 1. The van der Waals surface area contributed by atoms with Gasteiger partial charge in [0, 0.05) is 11.1 Å². The molecule has 0 radical (unpaired) electrons. The molecule has 6 heteroatoms. The molecule has 0 fully saturated rings. The zero-order valence-corrected chi connectivity index (χ0v) is 11.1. The van der Waals surface area contributed by atoms with Gasteiger partial charge >= 0.3 is 0 Å². The molecular weight excluding hydrogens is 258 g/mol. The van der Waals surface area contributed by atoms with Crippen molar-refractivity contribution in [3.63, 3.8) is 0 Å². The molecule has 102 valence electrons. The molecule has 0 unspecified atom stereocenters. The van der Waals surface area contributed by atoms with Gasteiger partial charge in [-0.05, 0) is 31.5 Å². The molecule has 1 aliphatic rings. The Bertz CT molecular complexity index is 667. The van der Waals surface area contributed by atoms with E-state index in [4.69, 9.17) is 9.26 Å². The predicted molar refractivity (Wildman–Crippen MR) is 72.0 cm³/mol. The van der Waals surface area contributed by atoms with Crippen LogP contribution in [0.5, 0.6) is 0 Å². The summed E-state index contributed by atoms with van der Waals surface area (Å²) >= 11 is 0. The number of aromatic nitrogens is 1. The fourth-order valence-electron chi connectivity index (χ4n) is 2.13. The van der Waals surface area contributed by atoms with Gasteiger partial charge in [0.25, 0.3) is 5.91 Å². The van der Waals surface area contributed by atoms with Crippen LogP contribution >= 0.6 is 0 Å². The van der Waals surface area contributed by atoms with Gasteiger partial charge in [0.15, 0.2) is 6.61 Å². The number of nitrogens with one attached hydrogen (secondary N) is 1. The van der Waals surface area contributed by atoms with Crippen LogP contribution in [0, 0.1) is 13.8 Å². The van der Waals surface area contributed by atoms with Crippen molar-refractivity contribution in [2.45, 2.75) is 13.8 Å². The van der Waals surface area contributed by atoms with E-state index in [0.717, 1.165) is 28.1 Å². The zero-order valence-electron chi connectivity index (χ0n) is 11.1. The molecule has 20 heavy (non-hydrogen) atoms. The molecule has 1 aromatic carbocycles. The predicted octanol–water partition coefficient (Wildman–Crippen LogP) is 1.77. The van der Waals surface area contributed by atoms with E-state index in [1.165, 1.54) is 0 Å². The first kappa shape index (κ1) is 12.4. The summed E-state index contributed by atoms with van der Waals surface area (Å²) in [6, 6.07) is 7.67. The van der Waals surface area contributed by atoms with Crippen LogP contribution in [0.2, 0.25) is 0 Å². The fraction of sp³-hybridized carbons (Fsp3) is 0.214. The lowest BCUT2D eigenvalue weighted by molar-refractivity contribution is -0.124. The lowest BCUT2D eigenvalue weighted by Gasteiger charge is -2.13. The molecule has 6 nitrogen and oxygen atoms in total. The summed E-state index contributed by atoms with van der Waals surface area (Å²) < 4.78 is 10.4. The van der Waals surface area contributed by atoms with Gasteiger partial charge < -0.3 is 9.26 Å². The van der Waals surface area contributed by atoms with E-state index < -0.39 is 0 Å². The van der Waals surface area contributed by atoms with Crippen molar-refractivity contribution in [2.24, 2.45) is 5.10 Å². The van der Waals surface area contributed by atoms with Crippen molar-refractivity contribution in [1.82, 2.24) is 10.6 Å². The molecule has 3 rings (SSSR count). The van der Waals surface area contributed by atoms with E-state index in [1.54, 1.807) is 0 Å². The molecule has 0 saturated carbocycles. The van der Waals surface area contributed by atoms with Crippen LogP contribution < -0.4 is 5.43 Å². The van der Waals surface area contributed by atoms with Gasteiger partial charge in [0.1, 0.15) is 5.76 Å². The molecule has 1 aromatic heterocycles. The van der Waals surface area contributed by atoms with Crippen molar-refractivity contribution >= 4 is 11.8 Å². The largest absolute Gasteiger partial charge is 0.466 e. The van der Waals surface area contributed by atoms with Gasteiger partial charge in [0.2, 0.25) is 5.90 Å². The van der Waals surface area contributed by atoms with Gasteiger partial charge in [-0.25, -0.2) is 5.43 Å². The summed E-state index contributed by atoms with van der Waals surface area (Å²) in [6.45, 7) is 3.78. The van der Waals surface area contributed by atoms with Gasteiger partial charge in [-0.2, -0.15) is 0 Å². The van der Waals surface area contributed by atoms with Crippen LogP contribution in [-0.4, -0.2) is 23.6 Å². The first-order valence-corrected chi connectivity index (χ1v) is 6.18. The fourth-order valence-corrected chi connectivity index (χ4v) is 2.13. The summed E-state index contributed by atoms with van der Waals surface area (Å²) in [5.41, 5.74) is 6.07. The van der Waals surface area contributed by atoms with E-state index in [2.05, 4.69) is 15.7 Å². The molecule has 0 saturated heterocycles. The first-order valence-electron chi connectivity index (χ1n) is 6.18. The van der Waals surface area contributed by atoms with Crippen LogP contribution in [0.25, 0.3) is 11.1 Å². The lowest BCUT2D eigenvalue weighted by atomic mass is 10.0. The molecule has 2 aromatic rings. The summed E-state index contributed by atoms with van der Waals surface area (Å²) in [5, 5.41) is 7.81. The first-order chi connectivity index (χ1) is 9.65. The maximum Gasteiger partial charge on any atom is 0.278 e. The average Bonchev–Trinajstić information content (AvgIpc) is 2.79. The molecule has 0 aliphatic carbocycles.